The molecule has 5 nitrogen and oxygen atoms in total. The number of ether oxygens (including phenoxy) is 1. The number of hydrogen-bond acceptors (Lipinski definition) is 4. The first-order valence-electron chi connectivity index (χ1n) is 12.1. The molecule has 34 heavy (non-hydrogen) atoms. The van der Waals surface area contributed by atoms with Crippen molar-refractivity contribution in [2.45, 2.75) is 72.8 Å². The van der Waals surface area contributed by atoms with E-state index in [-0.39, 0.29) is 18.5 Å². The molecule has 1 heterocycles. The Morgan fingerprint density at radius 3 is 2.65 bits per heavy atom. The second-order valence-electron chi connectivity index (χ2n) is 8.73. The molecule has 1 rings (SSSR count). The third-order valence-electron chi connectivity index (χ3n) is 5.36. The van der Waals surface area contributed by atoms with Crippen LogP contribution in [-0.4, -0.2) is 30.2 Å². The fraction of sp³-hybridized carbons (Fsp3) is 0.500. The molecule has 0 saturated carbocycles. The van der Waals surface area contributed by atoms with E-state index in [0.717, 1.165) is 31.2 Å². The minimum Gasteiger partial charge on any atom is -0.461 e. The molecule has 0 spiro atoms. The van der Waals surface area contributed by atoms with Crippen LogP contribution >= 0.6 is 0 Å². The van der Waals surface area contributed by atoms with E-state index in [1.54, 1.807) is 13.0 Å². The van der Waals surface area contributed by atoms with E-state index < -0.39 is 6.67 Å². The smallest absolute Gasteiger partial charge is 0.225 e. The Hall–Kier alpha value is -2.73. The Labute approximate surface area is 205 Å². The summed E-state index contributed by atoms with van der Waals surface area (Å²) in [6.07, 6.45) is 9.93. The molecule has 1 amide bonds. The van der Waals surface area contributed by atoms with Gasteiger partial charge in [0.25, 0.3) is 0 Å². The number of unbranched alkanes of at least 4 members (excludes halogenated alkanes) is 1. The number of carbonyl (C=O) groups excluding carboxylic acids is 1. The van der Waals surface area contributed by atoms with Gasteiger partial charge >= 0.3 is 0 Å². The number of amides is 1. The Bertz CT molecular complexity index is 876. The van der Waals surface area contributed by atoms with E-state index in [2.05, 4.69) is 37.6 Å². The van der Waals surface area contributed by atoms with Crippen LogP contribution in [0, 0.1) is 5.92 Å². The van der Waals surface area contributed by atoms with Crippen LogP contribution in [0.2, 0.25) is 0 Å². The third-order valence-corrected chi connectivity index (χ3v) is 5.36. The van der Waals surface area contributed by atoms with Crippen LogP contribution in [0.4, 0.5) is 4.39 Å². The van der Waals surface area contributed by atoms with Crippen LogP contribution in [0.15, 0.2) is 42.8 Å². The quantitative estimate of drug-likeness (QED) is 0.265. The highest BCUT2D eigenvalue weighted by atomic mass is 19.1. The number of hydrogen-bond donors (Lipinski definition) is 2. The molecule has 2 atom stereocenters. The second kappa shape index (κ2) is 16.0. The van der Waals surface area contributed by atoms with Gasteiger partial charge in [-0.3, -0.25) is 4.79 Å². The number of alkyl halides is 1. The highest BCUT2D eigenvalue weighted by Crippen LogP contribution is 2.21. The number of nitrogens with one attached hydrogen (secondary N) is 2. The van der Waals surface area contributed by atoms with Crippen molar-refractivity contribution in [3.63, 3.8) is 0 Å². The Morgan fingerprint density at radius 2 is 2.06 bits per heavy atom. The van der Waals surface area contributed by atoms with Gasteiger partial charge in [-0.25, -0.2) is 9.37 Å². The van der Waals surface area contributed by atoms with E-state index >= 15 is 0 Å². The third kappa shape index (κ3) is 10.9. The van der Waals surface area contributed by atoms with Gasteiger partial charge in [0.1, 0.15) is 18.1 Å². The Kier molecular flexibility index (Phi) is 13.8. The molecule has 1 aromatic heterocycles. The minimum absolute atomic E-state index is 0.0582. The normalized spacial score (nSPS) is 13.8. The van der Waals surface area contributed by atoms with Crippen LogP contribution in [0.25, 0.3) is 17.9 Å². The molecule has 2 N–H and O–H groups in total. The Morgan fingerprint density at radius 1 is 1.32 bits per heavy atom. The fourth-order valence-corrected chi connectivity index (χ4v) is 3.75. The van der Waals surface area contributed by atoms with E-state index in [1.165, 1.54) is 0 Å². The monoisotopic (exact) mass is 471 g/mol. The summed E-state index contributed by atoms with van der Waals surface area (Å²) in [5, 5.41) is 6.13. The van der Waals surface area contributed by atoms with Crippen molar-refractivity contribution >= 4 is 23.8 Å². The van der Waals surface area contributed by atoms with Gasteiger partial charge in [0.15, 0.2) is 0 Å². The molecule has 2 unspecified atom stereocenters. The van der Waals surface area contributed by atoms with Gasteiger partial charge < -0.3 is 15.4 Å². The van der Waals surface area contributed by atoms with Gasteiger partial charge in [0, 0.05) is 24.7 Å². The molecular weight excluding hydrogens is 429 g/mol. The summed E-state index contributed by atoms with van der Waals surface area (Å²) in [7, 11) is 0. The molecule has 0 saturated heterocycles. The maximum Gasteiger partial charge on any atom is 0.225 e. The number of aromatic nitrogens is 1. The number of allylic oxidation sites excluding steroid dienone is 3. The zero-order valence-corrected chi connectivity index (χ0v) is 21.5. The lowest BCUT2D eigenvalue weighted by Crippen LogP contribution is -2.37. The lowest BCUT2D eigenvalue weighted by molar-refractivity contribution is -0.120. The van der Waals surface area contributed by atoms with E-state index in [1.807, 2.05) is 38.1 Å². The molecule has 0 radical (unpaired) electrons. The van der Waals surface area contributed by atoms with Crippen molar-refractivity contribution in [3.8, 4) is 0 Å². The maximum atomic E-state index is 12.7. The number of rotatable bonds is 16. The summed E-state index contributed by atoms with van der Waals surface area (Å²) >= 11 is 0. The SMILES string of the molecule is C=Cc1ccc(/C(=C/C)OC(=C)C)nc1/C=C(\C)NC(=O)CC(CC(C)CCCC)NCCF. The summed E-state index contributed by atoms with van der Waals surface area (Å²) in [4.78, 5) is 17.4. The van der Waals surface area contributed by atoms with Gasteiger partial charge in [-0.15, -0.1) is 0 Å². The average molecular weight is 472 g/mol. The molecule has 6 heteroatoms. The molecular formula is C28H42FN3O2. The molecule has 0 fully saturated rings. The van der Waals surface area contributed by atoms with Crippen LogP contribution in [0.1, 0.15) is 83.7 Å². The highest BCUT2D eigenvalue weighted by molar-refractivity contribution is 5.80. The van der Waals surface area contributed by atoms with Crippen molar-refractivity contribution in [2.75, 3.05) is 13.2 Å². The van der Waals surface area contributed by atoms with Crippen LogP contribution in [0.5, 0.6) is 0 Å². The van der Waals surface area contributed by atoms with Crippen LogP contribution in [-0.2, 0) is 9.53 Å². The first-order valence-corrected chi connectivity index (χ1v) is 12.1. The first-order chi connectivity index (χ1) is 16.2. The lowest BCUT2D eigenvalue weighted by Gasteiger charge is -2.22. The van der Waals surface area contributed by atoms with Crippen LogP contribution in [0.3, 0.4) is 0 Å². The predicted molar refractivity (Wildman–Crippen MR) is 141 cm³/mol. The standard InChI is InChI=1S/C28H42FN3O2/c1-8-11-12-21(6)17-24(30-16-15-29)19-28(33)31-22(7)18-26-23(9-2)13-14-25(32-26)27(10-3)34-20(4)5/h9-10,13-14,18,21,24,30H,2,4,8,11-12,15-17,19H2,1,3,5-7H3,(H,31,33)/b22-18+,27-10-. The van der Waals surface area contributed by atoms with Gasteiger partial charge in [-0.1, -0.05) is 58.4 Å². The molecule has 1 aromatic rings. The Balaban J connectivity index is 2.96. The van der Waals surface area contributed by atoms with E-state index in [4.69, 9.17) is 9.72 Å². The van der Waals surface area contributed by atoms with Crippen molar-refractivity contribution in [2.24, 2.45) is 5.92 Å². The van der Waals surface area contributed by atoms with Gasteiger partial charge in [-0.2, -0.15) is 0 Å². The number of pyridine rings is 1. The largest absolute Gasteiger partial charge is 0.461 e. The van der Waals surface area contributed by atoms with Gasteiger partial charge in [0.05, 0.1) is 11.5 Å². The molecule has 188 valence electrons. The molecule has 0 aliphatic heterocycles. The average Bonchev–Trinajstić information content (AvgIpc) is 2.79. The zero-order chi connectivity index (χ0) is 25.5. The maximum absolute atomic E-state index is 12.7. The molecule has 0 aliphatic rings. The van der Waals surface area contributed by atoms with Crippen molar-refractivity contribution in [3.05, 3.63) is 59.8 Å². The van der Waals surface area contributed by atoms with Gasteiger partial charge in [0.2, 0.25) is 5.91 Å². The highest BCUT2D eigenvalue weighted by Gasteiger charge is 2.17. The fourth-order valence-electron chi connectivity index (χ4n) is 3.75. The minimum atomic E-state index is -0.448. The van der Waals surface area contributed by atoms with Crippen molar-refractivity contribution < 1.29 is 13.9 Å². The first kappa shape index (κ1) is 29.3. The van der Waals surface area contributed by atoms with E-state index in [9.17, 15) is 9.18 Å². The molecule has 0 aliphatic carbocycles. The lowest BCUT2D eigenvalue weighted by atomic mass is 9.94. The van der Waals surface area contributed by atoms with E-state index in [0.29, 0.717) is 40.9 Å². The molecule has 0 bridgehead atoms. The number of nitrogens with zero attached hydrogens (tertiary/aromatic N) is 1. The predicted octanol–water partition coefficient (Wildman–Crippen LogP) is 6.65. The second-order valence-corrected chi connectivity index (χ2v) is 8.73. The van der Waals surface area contributed by atoms with Crippen molar-refractivity contribution in [1.82, 2.24) is 15.6 Å². The summed E-state index contributed by atoms with van der Waals surface area (Å²) in [5.74, 6) is 1.55. The topological polar surface area (TPSA) is 63.2 Å². The number of carbonyl (C=O) groups is 1. The summed E-state index contributed by atoms with van der Waals surface area (Å²) < 4.78 is 18.4. The van der Waals surface area contributed by atoms with Crippen molar-refractivity contribution in [1.29, 1.82) is 0 Å². The summed E-state index contributed by atoms with van der Waals surface area (Å²) in [5.41, 5.74) is 2.85. The summed E-state index contributed by atoms with van der Waals surface area (Å²) in [6.45, 7) is 17.3. The van der Waals surface area contributed by atoms with Gasteiger partial charge in [-0.05, 0) is 56.9 Å². The van der Waals surface area contributed by atoms with Crippen LogP contribution < -0.4 is 10.6 Å². The zero-order valence-electron chi connectivity index (χ0n) is 21.5. The summed E-state index contributed by atoms with van der Waals surface area (Å²) in [6, 6.07) is 3.72. The molecule has 0 aromatic carbocycles. The number of halogens is 1.